The van der Waals surface area contributed by atoms with Gasteiger partial charge in [0, 0.05) is 23.1 Å². The van der Waals surface area contributed by atoms with Crippen LogP contribution in [0.2, 0.25) is 10.0 Å². The fraction of sp³-hybridized carbons (Fsp3) is 0.0526. The van der Waals surface area contributed by atoms with Crippen LogP contribution in [0.15, 0.2) is 52.9 Å². The van der Waals surface area contributed by atoms with Gasteiger partial charge in [0.15, 0.2) is 5.76 Å². The molecule has 0 unspecified atom stereocenters. The predicted molar refractivity (Wildman–Crippen MR) is 102 cm³/mol. The minimum Gasteiger partial charge on any atom is -0.502 e. The number of nitrogens with one attached hydrogen (secondary N) is 1. The van der Waals surface area contributed by atoms with Gasteiger partial charge in [-0.3, -0.25) is 14.9 Å². The Kier molecular flexibility index (Phi) is 5.39. The molecule has 1 aromatic heterocycles. The zero-order chi connectivity index (χ0) is 19.6. The van der Waals surface area contributed by atoms with Crippen molar-refractivity contribution in [2.75, 3.05) is 5.32 Å². The largest absolute Gasteiger partial charge is 0.502 e. The Labute approximate surface area is 164 Å². The molecule has 2 aromatic carbocycles. The Hall–Kier alpha value is -2.96. The SMILES string of the molecule is CC(=O)Oc1c(NC(=O)c2ccccc2)oc(-c2cc(Cl)ccc2Cl)c1O. The molecule has 1 heterocycles. The molecule has 0 radical (unpaired) electrons. The number of esters is 1. The van der Waals surface area contributed by atoms with Gasteiger partial charge in [-0.1, -0.05) is 41.4 Å². The molecule has 138 valence electrons. The van der Waals surface area contributed by atoms with Crippen LogP contribution in [0.1, 0.15) is 17.3 Å². The van der Waals surface area contributed by atoms with Crippen LogP contribution < -0.4 is 10.1 Å². The van der Waals surface area contributed by atoms with Crippen LogP contribution in [-0.4, -0.2) is 17.0 Å². The number of amides is 1. The highest BCUT2D eigenvalue weighted by Crippen LogP contribution is 2.48. The van der Waals surface area contributed by atoms with Crippen molar-refractivity contribution in [3.05, 3.63) is 64.1 Å². The molecule has 3 aromatic rings. The van der Waals surface area contributed by atoms with Gasteiger partial charge in [0.25, 0.3) is 5.91 Å². The Bertz CT molecular complexity index is 1010. The van der Waals surface area contributed by atoms with Crippen LogP contribution in [0, 0.1) is 0 Å². The smallest absolute Gasteiger partial charge is 0.308 e. The number of carbonyl (C=O) groups excluding carboxylic acids is 2. The van der Waals surface area contributed by atoms with Crippen molar-refractivity contribution in [1.82, 2.24) is 0 Å². The Morgan fingerprint density at radius 2 is 1.81 bits per heavy atom. The number of hydrogen-bond acceptors (Lipinski definition) is 5. The van der Waals surface area contributed by atoms with Gasteiger partial charge in [-0.2, -0.15) is 0 Å². The number of anilines is 1. The molecule has 0 bridgehead atoms. The number of benzene rings is 2. The Morgan fingerprint density at radius 1 is 1.11 bits per heavy atom. The standard InChI is InChI=1S/C19H13Cl2NO5/c1-10(23)26-17-15(24)16(13-9-12(20)7-8-14(13)21)27-19(17)22-18(25)11-5-3-2-4-6-11/h2-9,24H,1H3,(H,22,25). The monoisotopic (exact) mass is 405 g/mol. The maximum atomic E-state index is 12.4. The van der Waals surface area contributed by atoms with Crippen molar-refractivity contribution >= 4 is 41.0 Å². The zero-order valence-electron chi connectivity index (χ0n) is 14.0. The predicted octanol–water partition coefficient (Wildman–Crippen LogP) is 5.14. The summed E-state index contributed by atoms with van der Waals surface area (Å²) in [6.45, 7) is 1.15. The summed E-state index contributed by atoms with van der Waals surface area (Å²) in [6, 6.07) is 12.9. The molecule has 0 aliphatic heterocycles. The first-order valence-corrected chi connectivity index (χ1v) is 8.48. The van der Waals surface area contributed by atoms with Crippen LogP contribution in [0.5, 0.6) is 11.5 Å². The van der Waals surface area contributed by atoms with Gasteiger partial charge in [0.2, 0.25) is 17.4 Å². The first-order chi connectivity index (χ1) is 12.9. The lowest BCUT2D eigenvalue weighted by Gasteiger charge is -2.04. The maximum Gasteiger partial charge on any atom is 0.308 e. The van der Waals surface area contributed by atoms with Gasteiger partial charge in [-0.25, -0.2) is 0 Å². The van der Waals surface area contributed by atoms with Crippen LogP contribution in [0.25, 0.3) is 11.3 Å². The van der Waals surface area contributed by atoms with Gasteiger partial charge in [-0.15, -0.1) is 0 Å². The summed E-state index contributed by atoms with van der Waals surface area (Å²) in [4.78, 5) is 23.8. The number of ether oxygens (including phenoxy) is 1. The first kappa shape index (κ1) is 18.8. The van der Waals surface area contributed by atoms with Crippen LogP contribution in [-0.2, 0) is 4.79 Å². The molecule has 0 aliphatic rings. The fourth-order valence-electron chi connectivity index (χ4n) is 2.35. The van der Waals surface area contributed by atoms with E-state index < -0.39 is 17.6 Å². The molecule has 1 amide bonds. The second-order valence-electron chi connectivity index (χ2n) is 5.48. The minimum atomic E-state index is -0.704. The second kappa shape index (κ2) is 7.73. The summed E-state index contributed by atoms with van der Waals surface area (Å²) in [5.74, 6) is -2.35. The zero-order valence-corrected chi connectivity index (χ0v) is 15.5. The summed E-state index contributed by atoms with van der Waals surface area (Å²) in [5.41, 5.74) is 0.625. The van der Waals surface area contributed by atoms with E-state index in [-0.39, 0.29) is 28.0 Å². The normalized spacial score (nSPS) is 10.5. The molecular weight excluding hydrogens is 393 g/mol. The van der Waals surface area contributed by atoms with E-state index in [1.54, 1.807) is 36.4 Å². The minimum absolute atomic E-state index is 0.0953. The summed E-state index contributed by atoms with van der Waals surface area (Å²) in [6.07, 6.45) is 0. The molecule has 27 heavy (non-hydrogen) atoms. The van der Waals surface area contributed by atoms with Gasteiger partial charge in [-0.05, 0) is 30.3 Å². The van der Waals surface area contributed by atoms with E-state index in [4.69, 9.17) is 32.4 Å². The lowest BCUT2D eigenvalue weighted by Crippen LogP contribution is -2.12. The highest BCUT2D eigenvalue weighted by molar-refractivity contribution is 6.35. The molecule has 2 N–H and O–H groups in total. The summed E-state index contributed by atoms with van der Waals surface area (Å²) in [5, 5.41) is 13.6. The van der Waals surface area contributed by atoms with Gasteiger partial charge < -0.3 is 14.3 Å². The van der Waals surface area contributed by atoms with Crippen LogP contribution in [0.4, 0.5) is 5.88 Å². The maximum absolute atomic E-state index is 12.4. The first-order valence-electron chi connectivity index (χ1n) is 7.73. The van der Waals surface area contributed by atoms with Gasteiger partial charge in [0.1, 0.15) is 0 Å². The number of aromatic hydroxyl groups is 1. The van der Waals surface area contributed by atoms with Crippen molar-refractivity contribution in [3.8, 4) is 22.8 Å². The Balaban J connectivity index is 2.06. The van der Waals surface area contributed by atoms with Crippen LogP contribution >= 0.6 is 23.2 Å². The number of rotatable bonds is 4. The van der Waals surface area contributed by atoms with Crippen molar-refractivity contribution < 1.29 is 23.8 Å². The third-order valence-corrected chi connectivity index (χ3v) is 4.09. The van der Waals surface area contributed by atoms with E-state index in [1.165, 1.54) is 12.1 Å². The average Bonchev–Trinajstić information content (AvgIpc) is 2.93. The molecule has 0 atom stereocenters. The van der Waals surface area contributed by atoms with Crippen molar-refractivity contribution in [1.29, 1.82) is 0 Å². The quantitative estimate of drug-likeness (QED) is 0.586. The van der Waals surface area contributed by atoms with E-state index in [1.807, 2.05) is 0 Å². The van der Waals surface area contributed by atoms with Crippen molar-refractivity contribution in [2.24, 2.45) is 0 Å². The Morgan fingerprint density at radius 3 is 2.48 bits per heavy atom. The molecule has 0 aliphatic carbocycles. The van der Waals surface area contributed by atoms with E-state index in [9.17, 15) is 14.7 Å². The van der Waals surface area contributed by atoms with Gasteiger partial charge >= 0.3 is 5.97 Å². The number of carbonyl (C=O) groups is 2. The molecule has 0 spiro atoms. The van der Waals surface area contributed by atoms with E-state index in [0.29, 0.717) is 10.6 Å². The molecule has 0 fully saturated rings. The van der Waals surface area contributed by atoms with E-state index >= 15 is 0 Å². The lowest BCUT2D eigenvalue weighted by atomic mass is 10.1. The third kappa shape index (κ3) is 4.07. The average molecular weight is 406 g/mol. The van der Waals surface area contributed by atoms with Crippen molar-refractivity contribution in [2.45, 2.75) is 6.92 Å². The topological polar surface area (TPSA) is 88.8 Å². The van der Waals surface area contributed by atoms with Crippen molar-refractivity contribution in [3.63, 3.8) is 0 Å². The van der Waals surface area contributed by atoms with Gasteiger partial charge in [0.05, 0.1) is 5.02 Å². The summed E-state index contributed by atoms with van der Waals surface area (Å²) < 4.78 is 10.6. The number of hydrogen-bond donors (Lipinski definition) is 2. The summed E-state index contributed by atoms with van der Waals surface area (Å²) >= 11 is 12.1. The summed E-state index contributed by atoms with van der Waals surface area (Å²) in [7, 11) is 0. The van der Waals surface area contributed by atoms with Crippen LogP contribution in [0.3, 0.4) is 0 Å². The molecular formula is C19H13Cl2NO5. The molecule has 6 nitrogen and oxygen atoms in total. The van der Waals surface area contributed by atoms with E-state index in [0.717, 1.165) is 6.92 Å². The molecule has 0 saturated carbocycles. The number of halogens is 2. The van der Waals surface area contributed by atoms with E-state index in [2.05, 4.69) is 5.32 Å². The lowest BCUT2D eigenvalue weighted by molar-refractivity contribution is -0.132. The fourth-order valence-corrected chi connectivity index (χ4v) is 2.72. The molecule has 8 heteroatoms. The third-order valence-electron chi connectivity index (χ3n) is 3.52. The highest BCUT2D eigenvalue weighted by Gasteiger charge is 2.27. The number of furan rings is 1. The second-order valence-corrected chi connectivity index (χ2v) is 6.32. The molecule has 3 rings (SSSR count). The highest BCUT2D eigenvalue weighted by atomic mass is 35.5. The molecule has 0 saturated heterocycles.